The van der Waals surface area contributed by atoms with Gasteiger partial charge >= 0.3 is 5.97 Å². The topological polar surface area (TPSA) is 57.6 Å². The third-order valence-electron chi connectivity index (χ3n) is 3.80. The van der Waals surface area contributed by atoms with E-state index >= 15 is 0 Å². The number of hydrogen-bond acceptors (Lipinski definition) is 2. The van der Waals surface area contributed by atoms with Crippen molar-refractivity contribution in [2.24, 2.45) is 11.8 Å². The van der Waals surface area contributed by atoms with Gasteiger partial charge < -0.3 is 10.0 Å². The zero-order valence-corrected chi connectivity index (χ0v) is 9.52. The second-order valence-electron chi connectivity index (χ2n) is 4.93. The average Bonchev–Trinajstić information content (AvgIpc) is 2.78. The van der Waals surface area contributed by atoms with E-state index in [9.17, 15) is 9.59 Å². The molecule has 1 saturated carbocycles. The summed E-state index contributed by atoms with van der Waals surface area (Å²) in [6.07, 6.45) is 5.38. The molecule has 1 aliphatic carbocycles. The Kier molecular flexibility index (Phi) is 3.46. The molecule has 16 heavy (non-hydrogen) atoms. The number of carbonyl (C=O) groups is 2. The molecule has 0 aromatic carbocycles. The zero-order chi connectivity index (χ0) is 11.5. The highest BCUT2D eigenvalue weighted by Gasteiger charge is 2.35. The third kappa shape index (κ3) is 2.36. The fourth-order valence-electron chi connectivity index (χ4n) is 2.80. The molecule has 2 fully saturated rings. The first-order valence-electron chi connectivity index (χ1n) is 6.20. The number of amides is 1. The van der Waals surface area contributed by atoms with E-state index in [1.54, 1.807) is 0 Å². The standard InChI is InChI=1S/C12H19NO3/c14-11(13-6-2-1-3-7-13)9-4-5-10(8-9)12(15)16/h9-10H,1-8H2,(H,15,16)/t9-,10-/m0/s1. The minimum atomic E-state index is -0.742. The number of likely N-dealkylation sites (tertiary alicyclic amines) is 1. The highest BCUT2D eigenvalue weighted by Crippen LogP contribution is 2.32. The van der Waals surface area contributed by atoms with Crippen LogP contribution >= 0.6 is 0 Å². The minimum absolute atomic E-state index is 0.0285. The van der Waals surface area contributed by atoms with Gasteiger partial charge in [0.15, 0.2) is 0 Å². The second-order valence-corrected chi connectivity index (χ2v) is 4.93. The maximum absolute atomic E-state index is 12.1. The van der Waals surface area contributed by atoms with E-state index in [0.717, 1.165) is 32.4 Å². The molecule has 1 aliphatic heterocycles. The van der Waals surface area contributed by atoms with Gasteiger partial charge in [0, 0.05) is 19.0 Å². The molecule has 0 bridgehead atoms. The average molecular weight is 225 g/mol. The monoisotopic (exact) mass is 225 g/mol. The number of carboxylic acids is 1. The van der Waals surface area contributed by atoms with Gasteiger partial charge in [0.25, 0.3) is 0 Å². The summed E-state index contributed by atoms with van der Waals surface area (Å²) in [6.45, 7) is 1.74. The lowest BCUT2D eigenvalue weighted by molar-refractivity contribution is -0.141. The number of piperidine rings is 1. The summed E-state index contributed by atoms with van der Waals surface area (Å²) in [6, 6.07) is 0. The molecule has 1 saturated heterocycles. The van der Waals surface area contributed by atoms with Crippen molar-refractivity contribution in [3.8, 4) is 0 Å². The van der Waals surface area contributed by atoms with E-state index in [4.69, 9.17) is 5.11 Å². The first kappa shape index (κ1) is 11.4. The molecule has 90 valence electrons. The van der Waals surface area contributed by atoms with Crippen LogP contribution in [0.25, 0.3) is 0 Å². The molecule has 1 N–H and O–H groups in total. The van der Waals surface area contributed by atoms with E-state index < -0.39 is 5.97 Å². The lowest BCUT2D eigenvalue weighted by Crippen LogP contribution is -2.39. The quantitative estimate of drug-likeness (QED) is 0.774. The molecule has 0 aromatic heterocycles. The Morgan fingerprint density at radius 3 is 2.19 bits per heavy atom. The molecule has 0 aromatic rings. The van der Waals surface area contributed by atoms with Gasteiger partial charge in [-0.1, -0.05) is 0 Å². The normalized spacial score (nSPS) is 30.4. The van der Waals surface area contributed by atoms with Crippen molar-refractivity contribution in [2.75, 3.05) is 13.1 Å². The number of nitrogens with zero attached hydrogens (tertiary/aromatic N) is 1. The van der Waals surface area contributed by atoms with Gasteiger partial charge in [0.05, 0.1) is 5.92 Å². The summed E-state index contributed by atoms with van der Waals surface area (Å²) in [5.74, 6) is -0.865. The Morgan fingerprint density at radius 2 is 1.62 bits per heavy atom. The van der Waals surface area contributed by atoms with Gasteiger partial charge in [-0.2, -0.15) is 0 Å². The van der Waals surface area contributed by atoms with Crippen molar-refractivity contribution >= 4 is 11.9 Å². The van der Waals surface area contributed by atoms with Gasteiger partial charge in [-0.15, -0.1) is 0 Å². The van der Waals surface area contributed by atoms with Crippen molar-refractivity contribution in [3.63, 3.8) is 0 Å². The van der Waals surface area contributed by atoms with E-state index in [1.807, 2.05) is 4.90 Å². The Balaban J connectivity index is 1.88. The summed E-state index contributed by atoms with van der Waals surface area (Å²) in [4.78, 5) is 24.9. The highest BCUT2D eigenvalue weighted by molar-refractivity contribution is 5.81. The molecular formula is C12H19NO3. The van der Waals surface area contributed by atoms with Crippen LogP contribution in [0.1, 0.15) is 38.5 Å². The van der Waals surface area contributed by atoms with Gasteiger partial charge in [-0.25, -0.2) is 0 Å². The summed E-state index contributed by atoms with van der Waals surface area (Å²) in [5, 5.41) is 8.90. The Labute approximate surface area is 95.6 Å². The number of aliphatic carboxylic acids is 1. The Hall–Kier alpha value is -1.06. The van der Waals surface area contributed by atoms with Crippen LogP contribution in [0.5, 0.6) is 0 Å². The van der Waals surface area contributed by atoms with Gasteiger partial charge in [-0.3, -0.25) is 9.59 Å². The third-order valence-corrected chi connectivity index (χ3v) is 3.80. The summed E-state index contributed by atoms with van der Waals surface area (Å²) < 4.78 is 0. The summed E-state index contributed by atoms with van der Waals surface area (Å²) >= 11 is 0. The second kappa shape index (κ2) is 4.85. The molecule has 0 radical (unpaired) electrons. The number of carbonyl (C=O) groups excluding carboxylic acids is 1. The van der Waals surface area contributed by atoms with Crippen LogP contribution in [0.4, 0.5) is 0 Å². The largest absolute Gasteiger partial charge is 0.481 e. The van der Waals surface area contributed by atoms with E-state index in [2.05, 4.69) is 0 Å². The lowest BCUT2D eigenvalue weighted by Gasteiger charge is -2.29. The van der Waals surface area contributed by atoms with Gasteiger partial charge in [0.2, 0.25) is 5.91 Å². The van der Waals surface area contributed by atoms with E-state index in [-0.39, 0.29) is 17.7 Å². The number of rotatable bonds is 2. The molecule has 2 aliphatic rings. The van der Waals surface area contributed by atoms with Crippen LogP contribution in [0.2, 0.25) is 0 Å². The minimum Gasteiger partial charge on any atom is -0.481 e. The molecule has 1 amide bonds. The van der Waals surface area contributed by atoms with Crippen LogP contribution in [0, 0.1) is 11.8 Å². The van der Waals surface area contributed by atoms with Crippen molar-refractivity contribution in [2.45, 2.75) is 38.5 Å². The van der Waals surface area contributed by atoms with Crippen molar-refractivity contribution in [1.29, 1.82) is 0 Å². The fraction of sp³-hybridized carbons (Fsp3) is 0.833. The SMILES string of the molecule is O=C(O)[C@H]1CC[C@H](C(=O)N2CCCCC2)C1. The van der Waals surface area contributed by atoms with E-state index in [1.165, 1.54) is 6.42 Å². The van der Waals surface area contributed by atoms with Crippen LogP contribution in [0.3, 0.4) is 0 Å². The molecule has 4 heteroatoms. The van der Waals surface area contributed by atoms with Crippen molar-refractivity contribution < 1.29 is 14.7 Å². The fourth-order valence-corrected chi connectivity index (χ4v) is 2.80. The predicted octanol–water partition coefficient (Wildman–Crippen LogP) is 1.50. The Bertz CT molecular complexity index is 284. The summed E-state index contributed by atoms with van der Waals surface area (Å²) in [7, 11) is 0. The first-order chi connectivity index (χ1) is 7.68. The van der Waals surface area contributed by atoms with Crippen LogP contribution in [-0.2, 0) is 9.59 Å². The molecule has 2 atom stereocenters. The number of carboxylic acid groups (broad SMARTS) is 1. The maximum atomic E-state index is 12.1. The van der Waals surface area contributed by atoms with Gasteiger partial charge in [0.1, 0.15) is 0 Å². The van der Waals surface area contributed by atoms with Crippen molar-refractivity contribution in [3.05, 3.63) is 0 Å². The van der Waals surface area contributed by atoms with Crippen LogP contribution in [-0.4, -0.2) is 35.0 Å². The van der Waals surface area contributed by atoms with Crippen molar-refractivity contribution in [1.82, 2.24) is 4.90 Å². The summed E-state index contributed by atoms with van der Waals surface area (Å²) in [5.41, 5.74) is 0. The lowest BCUT2D eigenvalue weighted by atomic mass is 10.0. The smallest absolute Gasteiger partial charge is 0.306 e. The molecule has 0 spiro atoms. The van der Waals surface area contributed by atoms with Gasteiger partial charge in [-0.05, 0) is 38.5 Å². The maximum Gasteiger partial charge on any atom is 0.306 e. The molecule has 1 heterocycles. The van der Waals surface area contributed by atoms with Crippen LogP contribution in [0.15, 0.2) is 0 Å². The highest BCUT2D eigenvalue weighted by atomic mass is 16.4. The van der Waals surface area contributed by atoms with Crippen LogP contribution < -0.4 is 0 Å². The molecular weight excluding hydrogens is 206 g/mol. The number of hydrogen-bond donors (Lipinski definition) is 1. The predicted molar refractivity (Wildman–Crippen MR) is 58.9 cm³/mol. The zero-order valence-electron chi connectivity index (χ0n) is 9.52. The van der Waals surface area contributed by atoms with E-state index in [0.29, 0.717) is 12.8 Å². The Morgan fingerprint density at radius 1 is 1.00 bits per heavy atom. The molecule has 0 unspecified atom stereocenters. The molecule has 2 rings (SSSR count). The first-order valence-corrected chi connectivity index (χ1v) is 6.20. The molecule has 4 nitrogen and oxygen atoms in total.